The predicted octanol–water partition coefficient (Wildman–Crippen LogP) is 0.716. The van der Waals surface area contributed by atoms with E-state index in [0.29, 0.717) is 6.54 Å². The Bertz CT molecular complexity index is 412. The van der Waals surface area contributed by atoms with E-state index in [9.17, 15) is 4.79 Å². The van der Waals surface area contributed by atoms with Gasteiger partial charge < -0.3 is 10.7 Å². The van der Waals surface area contributed by atoms with E-state index in [-0.39, 0.29) is 5.91 Å². The number of hydrogen-bond acceptors (Lipinski definition) is 3. The highest BCUT2D eigenvalue weighted by molar-refractivity contribution is 6.17. The maximum absolute atomic E-state index is 11.3. The molecule has 0 saturated carbocycles. The molecule has 2 rings (SSSR count). The van der Waals surface area contributed by atoms with Crippen LogP contribution in [-0.4, -0.2) is 18.2 Å². The van der Waals surface area contributed by atoms with Crippen molar-refractivity contribution >= 4 is 17.3 Å². The number of amides is 1. The van der Waals surface area contributed by atoms with Crippen LogP contribution < -0.4 is 10.7 Å². The molecular formula is C10H11N3O. The summed E-state index contributed by atoms with van der Waals surface area (Å²) in [5.41, 5.74) is 2.60. The van der Waals surface area contributed by atoms with Gasteiger partial charge in [0.25, 0.3) is 0 Å². The molecule has 0 fully saturated rings. The zero-order valence-electron chi connectivity index (χ0n) is 7.90. The fraction of sp³-hybridized carbons (Fsp3) is 0.200. The van der Waals surface area contributed by atoms with Gasteiger partial charge in [0.05, 0.1) is 17.9 Å². The molecular weight excluding hydrogens is 178 g/mol. The Morgan fingerprint density at radius 3 is 2.86 bits per heavy atom. The normalized spacial score (nSPS) is 17.2. The molecule has 0 radical (unpaired) electrons. The fourth-order valence-electron chi connectivity index (χ4n) is 1.66. The van der Waals surface area contributed by atoms with Crippen LogP contribution in [0.1, 0.15) is 12.5 Å². The summed E-state index contributed by atoms with van der Waals surface area (Å²) >= 11 is 0. The summed E-state index contributed by atoms with van der Waals surface area (Å²) in [6.07, 6.45) is 0. The summed E-state index contributed by atoms with van der Waals surface area (Å²) in [6, 6.07) is 7.63. The molecule has 0 atom stereocenters. The number of hydrazone groups is 1. The molecule has 0 saturated heterocycles. The van der Waals surface area contributed by atoms with E-state index in [2.05, 4.69) is 5.10 Å². The third-order valence-electron chi connectivity index (χ3n) is 2.35. The zero-order chi connectivity index (χ0) is 10.1. The molecule has 4 nitrogen and oxygen atoms in total. The van der Waals surface area contributed by atoms with E-state index in [0.717, 1.165) is 17.0 Å². The number of hydrogen-bond donors (Lipinski definition) is 1. The molecule has 0 aliphatic carbocycles. The largest absolute Gasteiger partial charge is 0.323 e. The summed E-state index contributed by atoms with van der Waals surface area (Å²) in [4.78, 5) is 13.0. The van der Waals surface area contributed by atoms with Crippen molar-refractivity contribution < 1.29 is 4.79 Å². The van der Waals surface area contributed by atoms with Crippen molar-refractivity contribution in [3.8, 4) is 0 Å². The topological polar surface area (TPSA) is 58.7 Å². The van der Waals surface area contributed by atoms with Crippen LogP contribution in [-0.2, 0) is 4.79 Å². The maximum atomic E-state index is 11.3. The number of nitrogens with zero attached hydrogens (tertiary/aromatic N) is 2. The van der Waals surface area contributed by atoms with E-state index in [4.69, 9.17) is 5.84 Å². The average molecular weight is 189 g/mol. The van der Waals surface area contributed by atoms with Crippen molar-refractivity contribution in [2.45, 2.75) is 6.92 Å². The highest BCUT2D eigenvalue weighted by Crippen LogP contribution is 2.27. The maximum Gasteiger partial charge on any atom is 0.224 e. The predicted molar refractivity (Wildman–Crippen MR) is 55.2 cm³/mol. The number of rotatable bonds is 0. The summed E-state index contributed by atoms with van der Waals surface area (Å²) in [5, 5.41) is 3.68. The number of fused-ring (bicyclic) bond motifs is 1. The molecule has 0 bridgehead atoms. The van der Waals surface area contributed by atoms with Crippen molar-refractivity contribution in [3.05, 3.63) is 29.8 Å². The van der Waals surface area contributed by atoms with Crippen molar-refractivity contribution in [2.75, 3.05) is 11.4 Å². The minimum Gasteiger partial charge on any atom is -0.323 e. The van der Waals surface area contributed by atoms with Gasteiger partial charge in [-0.25, -0.2) is 0 Å². The summed E-state index contributed by atoms with van der Waals surface area (Å²) in [6.45, 7) is 2.02. The highest BCUT2D eigenvalue weighted by atomic mass is 16.2. The third kappa shape index (κ3) is 1.16. The Labute approximate surface area is 82.0 Å². The van der Waals surface area contributed by atoms with Gasteiger partial charge in [-0.1, -0.05) is 18.2 Å². The molecule has 1 aliphatic rings. The van der Waals surface area contributed by atoms with Gasteiger partial charge >= 0.3 is 0 Å². The smallest absolute Gasteiger partial charge is 0.224 e. The standard InChI is InChI=1S/C10H11N3O/c1-7(14)13-6-9(12-11)8-4-2-3-5-10(8)13/h2-5H,6,11H2,1H3/b12-9+. The van der Waals surface area contributed by atoms with Gasteiger partial charge in [-0.3, -0.25) is 4.79 Å². The molecule has 1 aromatic carbocycles. The monoisotopic (exact) mass is 189 g/mol. The van der Waals surface area contributed by atoms with Crippen LogP contribution in [0.5, 0.6) is 0 Å². The second-order valence-corrected chi connectivity index (χ2v) is 3.20. The second-order valence-electron chi connectivity index (χ2n) is 3.20. The zero-order valence-corrected chi connectivity index (χ0v) is 7.90. The van der Waals surface area contributed by atoms with Crippen LogP contribution in [0.2, 0.25) is 0 Å². The molecule has 2 N–H and O–H groups in total. The van der Waals surface area contributed by atoms with Gasteiger partial charge in [-0.05, 0) is 6.07 Å². The van der Waals surface area contributed by atoms with E-state index in [1.807, 2.05) is 24.3 Å². The number of benzene rings is 1. The number of carbonyl (C=O) groups excluding carboxylic acids is 1. The molecule has 1 aromatic rings. The Morgan fingerprint density at radius 2 is 2.21 bits per heavy atom. The quantitative estimate of drug-likeness (QED) is 0.483. The van der Waals surface area contributed by atoms with E-state index in [1.54, 1.807) is 4.90 Å². The Morgan fingerprint density at radius 1 is 1.50 bits per heavy atom. The lowest BCUT2D eigenvalue weighted by Gasteiger charge is -2.12. The summed E-state index contributed by atoms with van der Waals surface area (Å²) in [7, 11) is 0. The Hall–Kier alpha value is -1.84. The molecule has 72 valence electrons. The van der Waals surface area contributed by atoms with Crippen molar-refractivity contribution in [2.24, 2.45) is 10.9 Å². The first-order chi connectivity index (χ1) is 6.74. The fourth-order valence-corrected chi connectivity index (χ4v) is 1.66. The number of nitrogens with two attached hydrogens (primary N) is 1. The molecule has 1 heterocycles. The lowest BCUT2D eigenvalue weighted by Crippen LogP contribution is -2.28. The van der Waals surface area contributed by atoms with Crippen LogP contribution in [0.3, 0.4) is 0 Å². The first-order valence-corrected chi connectivity index (χ1v) is 4.38. The number of carbonyl (C=O) groups is 1. The van der Waals surface area contributed by atoms with Crippen LogP contribution in [0, 0.1) is 0 Å². The molecule has 14 heavy (non-hydrogen) atoms. The highest BCUT2D eigenvalue weighted by Gasteiger charge is 2.26. The summed E-state index contributed by atoms with van der Waals surface area (Å²) < 4.78 is 0. The Balaban J connectivity index is 2.54. The van der Waals surface area contributed by atoms with Gasteiger partial charge in [0.15, 0.2) is 0 Å². The summed E-state index contributed by atoms with van der Waals surface area (Å²) in [5.74, 6) is 5.27. The molecule has 4 heteroatoms. The van der Waals surface area contributed by atoms with Crippen LogP contribution in [0.25, 0.3) is 0 Å². The van der Waals surface area contributed by atoms with Crippen molar-refractivity contribution in [1.82, 2.24) is 0 Å². The van der Waals surface area contributed by atoms with E-state index >= 15 is 0 Å². The van der Waals surface area contributed by atoms with Crippen molar-refractivity contribution in [3.63, 3.8) is 0 Å². The lowest BCUT2D eigenvalue weighted by atomic mass is 10.1. The first-order valence-electron chi connectivity index (χ1n) is 4.38. The second kappa shape index (κ2) is 3.14. The number of para-hydroxylation sites is 1. The van der Waals surface area contributed by atoms with Gasteiger partial charge in [0.1, 0.15) is 0 Å². The molecule has 0 aromatic heterocycles. The SMILES string of the molecule is CC(=O)N1C/C(=N\N)c2ccccc21. The van der Waals surface area contributed by atoms with Crippen LogP contribution in [0.15, 0.2) is 29.4 Å². The van der Waals surface area contributed by atoms with Crippen molar-refractivity contribution in [1.29, 1.82) is 0 Å². The van der Waals surface area contributed by atoms with Gasteiger partial charge in [0, 0.05) is 12.5 Å². The number of anilines is 1. The minimum absolute atomic E-state index is 0.0103. The molecule has 0 unspecified atom stereocenters. The van der Waals surface area contributed by atoms with Crippen LogP contribution in [0.4, 0.5) is 5.69 Å². The van der Waals surface area contributed by atoms with Crippen LogP contribution >= 0.6 is 0 Å². The lowest BCUT2D eigenvalue weighted by molar-refractivity contribution is -0.116. The van der Waals surface area contributed by atoms with E-state index < -0.39 is 0 Å². The van der Waals surface area contributed by atoms with Gasteiger partial charge in [-0.2, -0.15) is 5.10 Å². The van der Waals surface area contributed by atoms with E-state index in [1.165, 1.54) is 6.92 Å². The van der Waals surface area contributed by atoms with Gasteiger partial charge in [0.2, 0.25) is 5.91 Å². The third-order valence-corrected chi connectivity index (χ3v) is 2.35. The molecule has 1 amide bonds. The minimum atomic E-state index is 0.0103. The first kappa shape index (κ1) is 8.74. The molecule has 0 spiro atoms. The Kier molecular flexibility index (Phi) is 1.96. The molecule has 1 aliphatic heterocycles. The average Bonchev–Trinajstić information content (AvgIpc) is 2.56. The van der Waals surface area contributed by atoms with Gasteiger partial charge in [-0.15, -0.1) is 0 Å².